The molecule has 0 radical (unpaired) electrons. The highest BCUT2D eigenvalue weighted by Gasteiger charge is 2.33. The van der Waals surface area contributed by atoms with Gasteiger partial charge in [-0.15, -0.1) is 0 Å². The van der Waals surface area contributed by atoms with E-state index < -0.39 is 29.2 Å². The van der Waals surface area contributed by atoms with Gasteiger partial charge >= 0.3 is 18.1 Å². The average Bonchev–Trinajstić information content (AvgIpc) is 2.37. The molecular weight excluding hydrogens is 289 g/mol. The lowest BCUT2D eigenvalue weighted by atomic mass is 10.0. The third-order valence-corrected chi connectivity index (χ3v) is 2.49. The molecule has 0 aliphatic carbocycles. The highest BCUT2D eigenvalue weighted by atomic mass is 19.4. The fourth-order valence-electron chi connectivity index (χ4n) is 1.58. The van der Waals surface area contributed by atoms with Gasteiger partial charge in [-0.25, -0.2) is 4.79 Å². The summed E-state index contributed by atoms with van der Waals surface area (Å²) in [5.74, 6) is -1.99. The molecule has 1 aromatic carbocycles. The monoisotopic (exact) mass is 302 g/mol. The molecule has 0 atom stereocenters. The van der Waals surface area contributed by atoms with Crippen LogP contribution in [-0.2, 0) is 15.7 Å². The predicted octanol–water partition coefficient (Wildman–Crippen LogP) is 3.37. The summed E-state index contributed by atoms with van der Waals surface area (Å²) in [7, 11) is 0. The lowest BCUT2D eigenvalue weighted by Gasteiger charge is -2.11. The Kier molecular flexibility index (Phi) is 5.52. The van der Waals surface area contributed by atoms with E-state index in [1.54, 1.807) is 6.92 Å². The number of rotatable bonds is 5. The highest BCUT2D eigenvalue weighted by molar-refractivity contribution is 5.88. The Balaban J connectivity index is 3.04. The topological polar surface area (TPSA) is 63.6 Å². The summed E-state index contributed by atoms with van der Waals surface area (Å²) in [5.41, 5.74) is -1.73. The van der Waals surface area contributed by atoms with Crippen molar-refractivity contribution in [2.75, 3.05) is 6.61 Å². The van der Waals surface area contributed by atoms with E-state index in [9.17, 15) is 22.8 Å². The number of esters is 1. The second-order valence-electron chi connectivity index (χ2n) is 4.02. The van der Waals surface area contributed by atoms with Crippen molar-refractivity contribution in [3.63, 3.8) is 0 Å². The molecule has 0 bridgehead atoms. The molecule has 0 fully saturated rings. The standard InChI is InChI=1S/C14H13F3O4/c1-2-21-12(18)5-3-4-9-6-7-10(13(19)20)8-11(9)14(15,16)17/h3-4,6-8H,2,5H2,1H3,(H,19,20). The van der Waals surface area contributed by atoms with Crippen LogP contribution in [0.2, 0.25) is 0 Å². The second kappa shape index (κ2) is 6.92. The largest absolute Gasteiger partial charge is 0.478 e. The van der Waals surface area contributed by atoms with Gasteiger partial charge in [0.2, 0.25) is 0 Å². The van der Waals surface area contributed by atoms with Crippen molar-refractivity contribution in [3.8, 4) is 0 Å². The van der Waals surface area contributed by atoms with Crippen LogP contribution in [0.4, 0.5) is 13.2 Å². The first kappa shape index (κ1) is 16.7. The zero-order valence-electron chi connectivity index (χ0n) is 11.1. The molecule has 0 amide bonds. The van der Waals surface area contributed by atoms with Crippen LogP contribution in [-0.4, -0.2) is 23.7 Å². The molecule has 7 heteroatoms. The molecule has 114 valence electrons. The SMILES string of the molecule is CCOC(=O)CC=Cc1ccc(C(=O)O)cc1C(F)(F)F. The van der Waals surface area contributed by atoms with Crippen LogP contribution >= 0.6 is 0 Å². The summed E-state index contributed by atoms with van der Waals surface area (Å²) in [6.07, 6.45) is -2.49. The Morgan fingerprint density at radius 1 is 1.33 bits per heavy atom. The van der Waals surface area contributed by atoms with Crippen molar-refractivity contribution in [3.05, 3.63) is 41.0 Å². The Bertz CT molecular complexity index is 562. The van der Waals surface area contributed by atoms with E-state index in [1.807, 2.05) is 0 Å². The third kappa shape index (κ3) is 4.94. The molecule has 0 heterocycles. The Morgan fingerprint density at radius 3 is 2.52 bits per heavy atom. The van der Waals surface area contributed by atoms with Crippen LogP contribution < -0.4 is 0 Å². The van der Waals surface area contributed by atoms with Gasteiger partial charge < -0.3 is 9.84 Å². The van der Waals surface area contributed by atoms with Crippen LogP contribution in [0.3, 0.4) is 0 Å². The molecule has 0 aliphatic heterocycles. The molecule has 1 rings (SSSR count). The van der Waals surface area contributed by atoms with Crippen LogP contribution in [0.5, 0.6) is 0 Å². The van der Waals surface area contributed by atoms with Crippen molar-refractivity contribution < 1.29 is 32.6 Å². The lowest BCUT2D eigenvalue weighted by molar-refractivity contribution is -0.142. The Hall–Kier alpha value is -2.31. The van der Waals surface area contributed by atoms with Crippen LogP contribution in [0.15, 0.2) is 24.3 Å². The van der Waals surface area contributed by atoms with Crippen molar-refractivity contribution in [1.29, 1.82) is 0 Å². The molecule has 0 aliphatic rings. The fourth-order valence-corrected chi connectivity index (χ4v) is 1.58. The van der Waals surface area contributed by atoms with Gasteiger partial charge in [-0.05, 0) is 24.6 Å². The quantitative estimate of drug-likeness (QED) is 0.847. The minimum Gasteiger partial charge on any atom is -0.478 e. The van der Waals surface area contributed by atoms with Gasteiger partial charge in [0.15, 0.2) is 0 Å². The maximum atomic E-state index is 12.9. The third-order valence-electron chi connectivity index (χ3n) is 2.49. The smallest absolute Gasteiger partial charge is 0.417 e. The molecule has 0 spiro atoms. The Morgan fingerprint density at radius 2 is 2.00 bits per heavy atom. The molecule has 1 N–H and O–H groups in total. The molecule has 21 heavy (non-hydrogen) atoms. The highest BCUT2D eigenvalue weighted by Crippen LogP contribution is 2.33. The summed E-state index contributed by atoms with van der Waals surface area (Å²) in [4.78, 5) is 21.8. The minimum absolute atomic E-state index is 0.161. The van der Waals surface area contributed by atoms with Gasteiger partial charge in [0, 0.05) is 0 Å². The molecular formula is C14H13F3O4. The van der Waals surface area contributed by atoms with Crippen LogP contribution in [0.1, 0.15) is 34.8 Å². The van der Waals surface area contributed by atoms with E-state index >= 15 is 0 Å². The average molecular weight is 302 g/mol. The number of carbonyl (C=O) groups excluding carboxylic acids is 1. The number of ether oxygens (including phenoxy) is 1. The van der Waals surface area contributed by atoms with Crippen molar-refractivity contribution in [1.82, 2.24) is 0 Å². The van der Waals surface area contributed by atoms with Gasteiger partial charge in [-0.3, -0.25) is 4.79 Å². The normalized spacial score (nSPS) is 11.6. The number of hydrogen-bond donors (Lipinski definition) is 1. The lowest BCUT2D eigenvalue weighted by Crippen LogP contribution is -2.10. The molecule has 0 aromatic heterocycles. The van der Waals surface area contributed by atoms with Crippen LogP contribution in [0.25, 0.3) is 6.08 Å². The maximum Gasteiger partial charge on any atom is 0.417 e. The van der Waals surface area contributed by atoms with E-state index in [0.717, 1.165) is 18.2 Å². The van der Waals surface area contributed by atoms with E-state index in [1.165, 1.54) is 6.08 Å². The summed E-state index contributed by atoms with van der Waals surface area (Å²) in [6.45, 7) is 1.81. The molecule has 1 aromatic rings. The maximum absolute atomic E-state index is 12.9. The number of carbonyl (C=O) groups is 2. The molecule has 4 nitrogen and oxygen atoms in total. The predicted molar refractivity (Wildman–Crippen MR) is 68.7 cm³/mol. The summed E-state index contributed by atoms with van der Waals surface area (Å²) in [5, 5.41) is 8.73. The summed E-state index contributed by atoms with van der Waals surface area (Å²) in [6, 6.07) is 2.68. The van der Waals surface area contributed by atoms with Gasteiger partial charge in [-0.1, -0.05) is 18.2 Å². The number of hydrogen-bond acceptors (Lipinski definition) is 3. The molecule has 0 saturated heterocycles. The fraction of sp³-hybridized carbons (Fsp3) is 0.286. The van der Waals surface area contributed by atoms with Gasteiger partial charge in [0.1, 0.15) is 0 Å². The van der Waals surface area contributed by atoms with Crippen molar-refractivity contribution in [2.24, 2.45) is 0 Å². The van der Waals surface area contributed by atoms with Gasteiger partial charge in [0.05, 0.1) is 24.2 Å². The molecule has 0 unspecified atom stereocenters. The molecule has 0 saturated carbocycles. The number of aromatic carboxylic acids is 1. The summed E-state index contributed by atoms with van der Waals surface area (Å²) < 4.78 is 43.3. The number of benzene rings is 1. The zero-order chi connectivity index (χ0) is 16.0. The van der Waals surface area contributed by atoms with E-state index in [2.05, 4.69) is 4.74 Å². The van der Waals surface area contributed by atoms with Gasteiger partial charge in [-0.2, -0.15) is 13.2 Å². The first-order valence-electron chi connectivity index (χ1n) is 6.02. The van der Waals surface area contributed by atoms with E-state index in [-0.39, 0.29) is 18.6 Å². The number of carboxylic acids is 1. The number of alkyl halides is 3. The van der Waals surface area contributed by atoms with Gasteiger partial charge in [0.25, 0.3) is 0 Å². The van der Waals surface area contributed by atoms with E-state index in [0.29, 0.717) is 6.07 Å². The summed E-state index contributed by atoms with van der Waals surface area (Å²) >= 11 is 0. The minimum atomic E-state index is -4.69. The number of carboxylic acid groups (broad SMARTS) is 1. The van der Waals surface area contributed by atoms with Crippen molar-refractivity contribution >= 4 is 18.0 Å². The van der Waals surface area contributed by atoms with E-state index in [4.69, 9.17) is 5.11 Å². The zero-order valence-corrected chi connectivity index (χ0v) is 11.1. The first-order valence-corrected chi connectivity index (χ1v) is 6.02. The first-order chi connectivity index (χ1) is 9.75. The Labute approximate surface area is 118 Å². The van der Waals surface area contributed by atoms with Crippen molar-refractivity contribution in [2.45, 2.75) is 19.5 Å². The number of halogens is 3. The second-order valence-corrected chi connectivity index (χ2v) is 4.02. The van der Waals surface area contributed by atoms with Crippen LogP contribution in [0, 0.1) is 0 Å².